The minimum Gasteiger partial charge on any atom is -0.350 e. The smallest absolute Gasteiger partial charge is 0.159 e. The van der Waals surface area contributed by atoms with Crippen LogP contribution in [0.4, 0.5) is 0 Å². The molecule has 0 bridgehead atoms. The van der Waals surface area contributed by atoms with Crippen LogP contribution in [-0.4, -0.2) is 56.5 Å². The van der Waals surface area contributed by atoms with E-state index in [1.54, 1.807) is 0 Å². The van der Waals surface area contributed by atoms with Crippen molar-refractivity contribution < 1.29 is 28.4 Å². The first-order valence-electron chi connectivity index (χ1n) is 15.7. The third kappa shape index (κ3) is 11.5. The van der Waals surface area contributed by atoms with Gasteiger partial charge in [0.1, 0.15) is 24.4 Å². The van der Waals surface area contributed by atoms with E-state index in [0.29, 0.717) is 36.4 Å². The van der Waals surface area contributed by atoms with E-state index in [1.807, 2.05) is 0 Å². The van der Waals surface area contributed by atoms with Crippen molar-refractivity contribution in [1.82, 2.24) is 0 Å². The van der Waals surface area contributed by atoms with Gasteiger partial charge in [0.15, 0.2) is 18.9 Å². The van der Waals surface area contributed by atoms with E-state index in [4.69, 9.17) is 28.4 Å². The van der Waals surface area contributed by atoms with Gasteiger partial charge in [0.25, 0.3) is 0 Å². The van der Waals surface area contributed by atoms with Gasteiger partial charge in [-0.2, -0.15) is 0 Å². The predicted molar refractivity (Wildman–Crippen MR) is 156 cm³/mol. The summed E-state index contributed by atoms with van der Waals surface area (Å²) >= 11 is 0. The molecule has 3 heterocycles. The van der Waals surface area contributed by atoms with Crippen LogP contribution in [0.3, 0.4) is 0 Å². The number of ether oxygens (including phenoxy) is 6. The Morgan fingerprint density at radius 1 is 0.487 bits per heavy atom. The third-order valence-electron chi connectivity index (χ3n) is 7.89. The molecule has 0 radical (unpaired) electrons. The fourth-order valence-corrected chi connectivity index (χ4v) is 7.16. The van der Waals surface area contributed by atoms with Gasteiger partial charge < -0.3 is 28.4 Å². The van der Waals surface area contributed by atoms with Gasteiger partial charge in [0, 0.05) is 19.3 Å². The summed E-state index contributed by atoms with van der Waals surface area (Å²) in [6, 6.07) is 0. The summed E-state index contributed by atoms with van der Waals surface area (Å²) in [6.45, 7) is 28.6. The molecule has 10 atom stereocenters. The maximum Gasteiger partial charge on any atom is 0.159 e. The van der Waals surface area contributed by atoms with Crippen molar-refractivity contribution in [3.8, 4) is 0 Å². The summed E-state index contributed by atoms with van der Waals surface area (Å²) in [7, 11) is 0. The number of hydrogen-bond donors (Lipinski definition) is 0. The highest BCUT2D eigenvalue weighted by Crippen LogP contribution is 2.38. The molecule has 3 aliphatic rings. The molecule has 3 rings (SSSR count). The first kappa shape index (κ1) is 33.3. The zero-order valence-corrected chi connectivity index (χ0v) is 27.4. The summed E-state index contributed by atoms with van der Waals surface area (Å²) < 4.78 is 38.7. The normalized spacial score (nSPS) is 34.9. The quantitative estimate of drug-likeness (QED) is 0.273. The SMILES string of the molecule is CC(CC1OCC(C2OC(CC(C)CC(C)(C)C)OC3COC(CC(C)CC(C)(C)C)OC32)O1)CC(C)(C)C. The Morgan fingerprint density at radius 3 is 1.18 bits per heavy atom. The van der Waals surface area contributed by atoms with Gasteiger partial charge in [-0.15, -0.1) is 0 Å². The van der Waals surface area contributed by atoms with E-state index in [-0.39, 0.29) is 54.1 Å². The fourth-order valence-electron chi connectivity index (χ4n) is 7.16. The van der Waals surface area contributed by atoms with Gasteiger partial charge in [-0.1, -0.05) is 83.1 Å². The van der Waals surface area contributed by atoms with E-state index in [1.165, 1.54) is 0 Å². The molecule has 0 aromatic rings. The van der Waals surface area contributed by atoms with Crippen LogP contribution in [0.1, 0.15) is 122 Å². The minimum atomic E-state index is -0.292. The monoisotopic (exact) mass is 554 g/mol. The molecule has 6 heteroatoms. The van der Waals surface area contributed by atoms with Gasteiger partial charge >= 0.3 is 0 Å². The van der Waals surface area contributed by atoms with Gasteiger partial charge in [-0.25, -0.2) is 0 Å². The lowest BCUT2D eigenvalue weighted by molar-refractivity contribution is -0.370. The Hall–Kier alpha value is -0.240. The molecule has 230 valence electrons. The highest BCUT2D eigenvalue weighted by Gasteiger charge is 2.50. The molecular formula is C33H62O6. The summed E-state index contributed by atoms with van der Waals surface area (Å²) in [5, 5.41) is 0. The van der Waals surface area contributed by atoms with Crippen molar-refractivity contribution in [2.75, 3.05) is 13.2 Å². The van der Waals surface area contributed by atoms with Crippen LogP contribution >= 0.6 is 0 Å². The minimum absolute atomic E-state index is 0.160. The maximum absolute atomic E-state index is 6.69. The molecule has 0 aromatic heterocycles. The highest BCUT2D eigenvalue weighted by molar-refractivity contribution is 4.93. The average Bonchev–Trinajstić information content (AvgIpc) is 3.17. The Morgan fingerprint density at radius 2 is 0.795 bits per heavy atom. The van der Waals surface area contributed by atoms with Gasteiger partial charge in [0.05, 0.1) is 13.2 Å². The van der Waals surface area contributed by atoms with Crippen molar-refractivity contribution >= 4 is 0 Å². The third-order valence-corrected chi connectivity index (χ3v) is 7.89. The lowest BCUT2D eigenvalue weighted by Crippen LogP contribution is -2.61. The van der Waals surface area contributed by atoms with Crippen LogP contribution in [-0.2, 0) is 28.4 Å². The van der Waals surface area contributed by atoms with Crippen LogP contribution in [0.25, 0.3) is 0 Å². The molecule has 0 amide bonds. The molecule has 39 heavy (non-hydrogen) atoms. The topological polar surface area (TPSA) is 55.4 Å². The fraction of sp³-hybridized carbons (Fsp3) is 1.00. The van der Waals surface area contributed by atoms with Crippen LogP contribution in [0.2, 0.25) is 0 Å². The lowest BCUT2D eigenvalue weighted by Gasteiger charge is -2.48. The first-order chi connectivity index (χ1) is 17.9. The molecule has 0 N–H and O–H groups in total. The van der Waals surface area contributed by atoms with E-state index in [9.17, 15) is 0 Å². The molecule has 6 nitrogen and oxygen atoms in total. The number of hydrogen-bond acceptors (Lipinski definition) is 6. The lowest BCUT2D eigenvalue weighted by atomic mass is 9.84. The Kier molecular flexibility index (Phi) is 11.4. The zero-order chi connectivity index (χ0) is 29.2. The van der Waals surface area contributed by atoms with E-state index in [2.05, 4.69) is 83.1 Å². The van der Waals surface area contributed by atoms with Crippen molar-refractivity contribution in [3.05, 3.63) is 0 Å². The van der Waals surface area contributed by atoms with Gasteiger partial charge in [-0.05, 0) is 53.3 Å². The molecule has 3 aliphatic heterocycles. The Balaban J connectivity index is 1.67. The highest BCUT2D eigenvalue weighted by atomic mass is 16.8. The number of fused-ring (bicyclic) bond motifs is 1. The average molecular weight is 555 g/mol. The second-order valence-corrected chi connectivity index (χ2v) is 16.8. The van der Waals surface area contributed by atoms with Crippen LogP contribution < -0.4 is 0 Å². The van der Waals surface area contributed by atoms with Crippen molar-refractivity contribution in [2.24, 2.45) is 34.0 Å². The summed E-state index contributed by atoms with van der Waals surface area (Å²) in [5.74, 6) is 1.51. The molecule has 0 aromatic carbocycles. The molecular weight excluding hydrogens is 492 g/mol. The van der Waals surface area contributed by atoms with Gasteiger partial charge in [0.2, 0.25) is 0 Å². The zero-order valence-electron chi connectivity index (χ0n) is 27.4. The Labute approximate surface area is 240 Å². The molecule has 10 unspecified atom stereocenters. The maximum atomic E-state index is 6.69. The molecule has 3 fully saturated rings. The second kappa shape index (κ2) is 13.4. The summed E-state index contributed by atoms with van der Waals surface area (Å²) in [4.78, 5) is 0. The first-order valence-corrected chi connectivity index (χ1v) is 15.7. The summed E-state index contributed by atoms with van der Waals surface area (Å²) in [6.07, 6.45) is 4.48. The summed E-state index contributed by atoms with van der Waals surface area (Å²) in [5.41, 5.74) is 0.839. The van der Waals surface area contributed by atoms with Gasteiger partial charge in [-0.3, -0.25) is 0 Å². The van der Waals surface area contributed by atoms with Crippen molar-refractivity contribution in [1.29, 1.82) is 0 Å². The predicted octanol–water partition coefficient (Wildman–Crippen LogP) is 7.97. The second-order valence-electron chi connectivity index (χ2n) is 16.8. The molecule has 0 aliphatic carbocycles. The van der Waals surface area contributed by atoms with Crippen LogP contribution in [0.15, 0.2) is 0 Å². The molecule has 3 saturated heterocycles. The van der Waals surface area contributed by atoms with Crippen molar-refractivity contribution in [3.63, 3.8) is 0 Å². The largest absolute Gasteiger partial charge is 0.350 e. The van der Waals surface area contributed by atoms with E-state index in [0.717, 1.165) is 38.5 Å². The van der Waals surface area contributed by atoms with E-state index >= 15 is 0 Å². The number of rotatable bonds is 10. The Bertz CT molecular complexity index is 734. The van der Waals surface area contributed by atoms with Crippen LogP contribution in [0.5, 0.6) is 0 Å². The van der Waals surface area contributed by atoms with Crippen molar-refractivity contribution in [2.45, 2.75) is 165 Å². The van der Waals surface area contributed by atoms with Crippen LogP contribution in [0, 0.1) is 34.0 Å². The molecule has 0 spiro atoms. The van der Waals surface area contributed by atoms with E-state index < -0.39 is 0 Å². The standard InChI is InChI=1S/C33H62O6/c1-21(16-31(4,5)6)13-26-34-19-24(36-26)30-29-25(37-28(39-30)15-23(3)18-33(10,11)12)20-35-27(38-29)14-22(2)17-32(7,8)9/h21-30H,13-20H2,1-12H3. The molecule has 0 saturated carbocycles.